The van der Waals surface area contributed by atoms with Crippen molar-refractivity contribution in [2.75, 3.05) is 20.2 Å². The third kappa shape index (κ3) is 3.00. The molecule has 1 amide bonds. The van der Waals surface area contributed by atoms with E-state index in [-0.39, 0.29) is 23.9 Å². The fourth-order valence-corrected chi connectivity index (χ4v) is 4.45. The third-order valence-electron chi connectivity index (χ3n) is 6.22. The van der Waals surface area contributed by atoms with E-state index < -0.39 is 0 Å². The van der Waals surface area contributed by atoms with Gasteiger partial charge in [0.2, 0.25) is 5.91 Å². The Kier molecular flexibility index (Phi) is 4.44. The van der Waals surface area contributed by atoms with Gasteiger partial charge >= 0.3 is 0 Å². The van der Waals surface area contributed by atoms with Crippen LogP contribution in [0.5, 0.6) is 5.75 Å². The zero-order valence-corrected chi connectivity index (χ0v) is 16.7. The van der Waals surface area contributed by atoms with Crippen molar-refractivity contribution < 1.29 is 9.53 Å². The average molecular weight is 405 g/mol. The van der Waals surface area contributed by atoms with Crippen LogP contribution < -0.4 is 10.5 Å². The van der Waals surface area contributed by atoms with Gasteiger partial charge < -0.3 is 15.4 Å². The molecule has 1 saturated heterocycles. The molecule has 0 spiro atoms. The van der Waals surface area contributed by atoms with Gasteiger partial charge in [-0.25, -0.2) is 4.52 Å². The predicted octanol–water partition coefficient (Wildman–Crippen LogP) is 1.59. The van der Waals surface area contributed by atoms with Crippen LogP contribution in [0.4, 0.5) is 0 Å². The Morgan fingerprint density at radius 2 is 2.10 bits per heavy atom. The molecule has 3 aromatic rings. The summed E-state index contributed by atoms with van der Waals surface area (Å²) in [4.78, 5) is 14.5. The molecular weight excluding hydrogens is 382 g/mol. The van der Waals surface area contributed by atoms with Crippen LogP contribution in [-0.2, 0) is 4.79 Å². The highest BCUT2D eigenvalue weighted by Crippen LogP contribution is 2.33. The smallest absolute Gasteiger partial charge is 0.225 e. The third-order valence-corrected chi connectivity index (χ3v) is 6.22. The SMILES string of the molecule is COc1cc(-c2cnn([C@H]3CCN(C(=O)C4CC(N)C4)C3)c2)cn2ncc(C#N)c12. The number of fused-ring (bicyclic) bond motifs is 1. The van der Waals surface area contributed by atoms with Crippen LogP contribution in [0.3, 0.4) is 0 Å². The number of methoxy groups -OCH3 is 1. The fourth-order valence-electron chi connectivity index (χ4n) is 4.45. The maximum absolute atomic E-state index is 12.6. The van der Waals surface area contributed by atoms with Crippen molar-refractivity contribution in [3.8, 4) is 22.9 Å². The van der Waals surface area contributed by atoms with E-state index in [1.54, 1.807) is 11.6 Å². The lowest BCUT2D eigenvalue weighted by atomic mass is 9.80. The molecule has 0 unspecified atom stereocenters. The van der Waals surface area contributed by atoms with Crippen LogP contribution in [0.25, 0.3) is 16.6 Å². The molecule has 0 aromatic carbocycles. The van der Waals surface area contributed by atoms with Crippen molar-refractivity contribution in [3.05, 3.63) is 36.4 Å². The number of hydrogen-bond acceptors (Lipinski definition) is 6. The lowest BCUT2D eigenvalue weighted by Gasteiger charge is -2.34. The summed E-state index contributed by atoms with van der Waals surface area (Å²) in [5.41, 5.74) is 8.78. The quantitative estimate of drug-likeness (QED) is 0.705. The highest BCUT2D eigenvalue weighted by Gasteiger charge is 2.37. The number of nitrogens with zero attached hydrogens (tertiary/aromatic N) is 6. The first kappa shape index (κ1) is 18.6. The summed E-state index contributed by atoms with van der Waals surface area (Å²) in [7, 11) is 1.58. The van der Waals surface area contributed by atoms with Crippen LogP contribution in [0, 0.1) is 17.2 Å². The Morgan fingerprint density at radius 3 is 2.83 bits per heavy atom. The molecule has 154 valence electrons. The molecule has 1 atom stereocenters. The Labute approximate surface area is 173 Å². The molecule has 2 fully saturated rings. The van der Waals surface area contributed by atoms with Gasteiger partial charge in [0, 0.05) is 48.6 Å². The average Bonchev–Trinajstić information content (AvgIpc) is 3.48. The van der Waals surface area contributed by atoms with E-state index in [0.717, 1.165) is 36.9 Å². The van der Waals surface area contributed by atoms with Crippen molar-refractivity contribution in [2.24, 2.45) is 11.7 Å². The molecule has 0 radical (unpaired) electrons. The number of carbonyl (C=O) groups is 1. The van der Waals surface area contributed by atoms with Crippen molar-refractivity contribution in [3.63, 3.8) is 0 Å². The Balaban J connectivity index is 1.36. The van der Waals surface area contributed by atoms with Crippen molar-refractivity contribution in [2.45, 2.75) is 31.3 Å². The number of carbonyl (C=O) groups excluding carboxylic acids is 1. The lowest BCUT2D eigenvalue weighted by molar-refractivity contribution is -0.137. The van der Waals surface area contributed by atoms with Crippen LogP contribution >= 0.6 is 0 Å². The zero-order chi connectivity index (χ0) is 20.8. The van der Waals surface area contributed by atoms with Crippen molar-refractivity contribution >= 4 is 11.4 Å². The summed E-state index contributed by atoms with van der Waals surface area (Å²) in [6, 6.07) is 4.37. The molecule has 9 heteroatoms. The molecule has 4 heterocycles. The van der Waals surface area contributed by atoms with E-state index in [0.29, 0.717) is 23.4 Å². The van der Waals surface area contributed by atoms with Gasteiger partial charge in [0.1, 0.15) is 22.9 Å². The minimum Gasteiger partial charge on any atom is -0.494 e. The van der Waals surface area contributed by atoms with E-state index in [4.69, 9.17) is 10.5 Å². The largest absolute Gasteiger partial charge is 0.494 e. The minimum absolute atomic E-state index is 0.0958. The van der Waals surface area contributed by atoms with Crippen LogP contribution in [0.15, 0.2) is 30.9 Å². The monoisotopic (exact) mass is 405 g/mol. The van der Waals surface area contributed by atoms with E-state index in [9.17, 15) is 10.1 Å². The highest BCUT2D eigenvalue weighted by atomic mass is 16.5. The summed E-state index contributed by atoms with van der Waals surface area (Å²) in [6.45, 7) is 1.44. The van der Waals surface area contributed by atoms with Gasteiger partial charge in [-0.2, -0.15) is 15.5 Å². The summed E-state index contributed by atoms with van der Waals surface area (Å²) in [6.07, 6.45) is 9.69. The first-order chi connectivity index (χ1) is 14.6. The molecule has 2 N–H and O–H groups in total. The van der Waals surface area contributed by atoms with E-state index in [1.165, 1.54) is 6.20 Å². The Hall–Kier alpha value is -3.38. The first-order valence-electron chi connectivity index (χ1n) is 10.1. The second-order valence-corrected chi connectivity index (χ2v) is 8.12. The molecule has 30 heavy (non-hydrogen) atoms. The standard InChI is InChI=1S/C21H23N7O2/c1-30-19-6-14(10-28-20(19)15(7-22)8-25-28)16-9-24-27(11-16)18-2-3-26(12-18)21(29)13-4-17(23)5-13/h6,8-11,13,17-18H,2-5,12,23H2,1H3/t13?,17?,18-/m0/s1. The van der Waals surface area contributed by atoms with Crippen molar-refractivity contribution in [1.82, 2.24) is 24.3 Å². The summed E-state index contributed by atoms with van der Waals surface area (Å²) in [5, 5.41) is 18.1. The highest BCUT2D eigenvalue weighted by molar-refractivity contribution is 5.80. The van der Waals surface area contributed by atoms with Gasteiger partial charge in [-0.1, -0.05) is 0 Å². The van der Waals surface area contributed by atoms with Crippen molar-refractivity contribution in [1.29, 1.82) is 5.26 Å². The van der Waals surface area contributed by atoms with Gasteiger partial charge in [-0.3, -0.25) is 9.48 Å². The van der Waals surface area contributed by atoms with Gasteiger partial charge in [0.15, 0.2) is 0 Å². The molecule has 9 nitrogen and oxygen atoms in total. The fraction of sp³-hybridized carbons (Fsp3) is 0.429. The number of pyridine rings is 1. The number of aromatic nitrogens is 4. The minimum atomic E-state index is 0.0958. The molecule has 0 bridgehead atoms. The number of nitrogens with two attached hydrogens (primary N) is 1. The number of ether oxygens (including phenoxy) is 1. The van der Waals surface area contributed by atoms with Crippen LogP contribution in [0.2, 0.25) is 0 Å². The summed E-state index contributed by atoms with van der Waals surface area (Å²) in [5.74, 6) is 0.915. The molecular formula is C21H23N7O2. The van der Waals surface area contributed by atoms with Gasteiger partial charge in [0.05, 0.1) is 25.5 Å². The lowest BCUT2D eigenvalue weighted by Crippen LogP contribution is -2.46. The second-order valence-electron chi connectivity index (χ2n) is 8.12. The number of nitriles is 1. The van der Waals surface area contributed by atoms with Crippen LogP contribution in [-0.4, -0.2) is 56.4 Å². The molecule has 5 rings (SSSR count). The zero-order valence-electron chi connectivity index (χ0n) is 16.7. The number of hydrogen-bond donors (Lipinski definition) is 1. The van der Waals surface area contributed by atoms with Gasteiger partial charge in [-0.15, -0.1) is 0 Å². The van der Waals surface area contributed by atoms with Gasteiger partial charge in [-0.05, 0) is 25.3 Å². The molecule has 2 aliphatic rings. The second kappa shape index (κ2) is 7.15. The summed E-state index contributed by atoms with van der Waals surface area (Å²) >= 11 is 0. The van der Waals surface area contributed by atoms with Crippen LogP contribution in [0.1, 0.15) is 30.9 Å². The van der Waals surface area contributed by atoms with Gasteiger partial charge in [0.25, 0.3) is 0 Å². The maximum atomic E-state index is 12.6. The maximum Gasteiger partial charge on any atom is 0.225 e. The molecule has 3 aromatic heterocycles. The molecule has 1 aliphatic heterocycles. The summed E-state index contributed by atoms with van der Waals surface area (Å²) < 4.78 is 9.09. The predicted molar refractivity (Wildman–Crippen MR) is 109 cm³/mol. The molecule has 1 saturated carbocycles. The molecule has 1 aliphatic carbocycles. The Bertz CT molecular complexity index is 1150. The number of amides is 1. The van der Waals surface area contributed by atoms with E-state index >= 15 is 0 Å². The first-order valence-corrected chi connectivity index (χ1v) is 10.1. The topological polar surface area (TPSA) is 114 Å². The Morgan fingerprint density at radius 1 is 1.27 bits per heavy atom. The van der Waals surface area contributed by atoms with E-state index in [2.05, 4.69) is 16.3 Å². The number of rotatable bonds is 4. The normalized spacial score (nSPS) is 23.4. The van der Waals surface area contributed by atoms with E-state index in [1.807, 2.05) is 34.2 Å². The number of likely N-dealkylation sites (tertiary alicyclic amines) is 1.